The molecule has 2 heterocycles. The van der Waals surface area contributed by atoms with Gasteiger partial charge in [0.2, 0.25) is 10.0 Å². The van der Waals surface area contributed by atoms with E-state index in [0.29, 0.717) is 11.1 Å². The zero-order valence-corrected chi connectivity index (χ0v) is 16.3. The number of piperazine rings is 1. The van der Waals surface area contributed by atoms with Crippen molar-refractivity contribution in [1.29, 1.82) is 0 Å². The molecule has 2 aromatic rings. The normalized spacial score (nSPS) is 16.1. The molecule has 1 aromatic carbocycles. The van der Waals surface area contributed by atoms with Crippen molar-refractivity contribution in [3.05, 3.63) is 63.0 Å². The fourth-order valence-corrected chi connectivity index (χ4v) is 4.41. The molecule has 12 heteroatoms. The third kappa shape index (κ3) is 4.46. The second kappa shape index (κ2) is 7.81. The minimum absolute atomic E-state index is 0.00782. The Hall–Kier alpha value is -2.37. The highest BCUT2D eigenvalue weighted by Gasteiger charge is 2.34. The molecule has 0 aliphatic carbocycles. The Morgan fingerprint density at radius 3 is 2.10 bits per heavy atom. The minimum atomic E-state index is -4.73. The average molecular weight is 450 g/mol. The van der Waals surface area contributed by atoms with E-state index in [1.54, 1.807) is 4.98 Å². The first-order valence-electron chi connectivity index (χ1n) is 8.35. The quantitative estimate of drug-likeness (QED) is 0.777. The first kappa shape index (κ1) is 21.3. The van der Waals surface area contributed by atoms with Crippen molar-refractivity contribution >= 4 is 27.5 Å². The molecule has 1 N–H and O–H groups in total. The van der Waals surface area contributed by atoms with Crippen molar-refractivity contribution in [1.82, 2.24) is 14.2 Å². The predicted octanol–water partition coefficient (Wildman–Crippen LogP) is 2.19. The number of aromatic nitrogens is 1. The monoisotopic (exact) mass is 449 g/mol. The lowest BCUT2D eigenvalue weighted by Crippen LogP contribution is -2.51. The molecule has 0 unspecified atom stereocenters. The summed E-state index contributed by atoms with van der Waals surface area (Å²) in [6, 6.07) is 7.08. The van der Waals surface area contributed by atoms with Gasteiger partial charge in [0.05, 0.1) is 4.90 Å². The molecule has 0 radical (unpaired) electrons. The number of hydrogen-bond donors (Lipinski definition) is 1. The molecule has 0 atom stereocenters. The van der Waals surface area contributed by atoms with Crippen LogP contribution >= 0.6 is 11.6 Å². The number of alkyl halides is 3. The van der Waals surface area contributed by atoms with Crippen LogP contribution in [0.3, 0.4) is 0 Å². The summed E-state index contributed by atoms with van der Waals surface area (Å²) in [5.41, 5.74) is -2.84. The molecule has 7 nitrogen and oxygen atoms in total. The summed E-state index contributed by atoms with van der Waals surface area (Å²) >= 11 is 5.76. The number of carbonyl (C=O) groups excluding carboxylic acids is 1. The summed E-state index contributed by atoms with van der Waals surface area (Å²) in [6.45, 7) is -0.0529. The van der Waals surface area contributed by atoms with Crippen LogP contribution in [0.15, 0.2) is 46.1 Å². The molecule has 1 aliphatic rings. The number of amides is 1. The SMILES string of the molecule is O=C(c1ccc(C(F)(F)F)[nH]c1=O)N1CCN(S(=O)(=O)c2ccc(Cl)cc2)CC1. The van der Waals surface area contributed by atoms with Crippen LogP contribution in [0.25, 0.3) is 0 Å². The molecule has 0 bridgehead atoms. The van der Waals surface area contributed by atoms with Crippen LogP contribution in [0, 0.1) is 0 Å². The topological polar surface area (TPSA) is 90.6 Å². The highest BCUT2D eigenvalue weighted by atomic mass is 35.5. The smallest absolute Gasteiger partial charge is 0.336 e. The van der Waals surface area contributed by atoms with Crippen LogP contribution in [0.4, 0.5) is 13.2 Å². The van der Waals surface area contributed by atoms with E-state index in [0.717, 1.165) is 6.07 Å². The Morgan fingerprint density at radius 1 is 1.00 bits per heavy atom. The molecular weight excluding hydrogens is 435 g/mol. The van der Waals surface area contributed by atoms with Gasteiger partial charge in [-0.15, -0.1) is 0 Å². The second-order valence-corrected chi connectivity index (χ2v) is 8.64. The summed E-state index contributed by atoms with van der Waals surface area (Å²) < 4.78 is 64.4. The van der Waals surface area contributed by atoms with Crippen molar-refractivity contribution in [2.75, 3.05) is 26.2 Å². The number of aromatic amines is 1. The summed E-state index contributed by atoms with van der Waals surface area (Å²) in [5.74, 6) is -0.761. The number of nitrogens with one attached hydrogen (secondary N) is 1. The van der Waals surface area contributed by atoms with E-state index in [1.165, 1.54) is 33.5 Å². The summed E-state index contributed by atoms with van der Waals surface area (Å²) in [5, 5.41) is 0.390. The first-order chi connectivity index (χ1) is 13.5. The molecular formula is C17H15ClF3N3O4S. The number of sulfonamides is 1. The zero-order chi connectivity index (χ0) is 21.4. The fourth-order valence-electron chi connectivity index (χ4n) is 2.86. The number of hydrogen-bond acceptors (Lipinski definition) is 4. The van der Waals surface area contributed by atoms with Crippen molar-refractivity contribution in [2.24, 2.45) is 0 Å². The van der Waals surface area contributed by atoms with Gasteiger partial charge in [0, 0.05) is 31.2 Å². The number of pyridine rings is 1. The van der Waals surface area contributed by atoms with Crippen molar-refractivity contribution in [3.8, 4) is 0 Å². The van der Waals surface area contributed by atoms with Crippen molar-refractivity contribution in [3.63, 3.8) is 0 Å². The van der Waals surface area contributed by atoms with Gasteiger partial charge in [-0.1, -0.05) is 11.6 Å². The van der Waals surface area contributed by atoms with Crippen molar-refractivity contribution in [2.45, 2.75) is 11.1 Å². The summed E-state index contributed by atoms with van der Waals surface area (Å²) in [7, 11) is -3.78. The number of nitrogens with zero attached hydrogens (tertiary/aromatic N) is 2. The molecule has 0 saturated carbocycles. The number of halogens is 4. The maximum atomic E-state index is 12.6. The van der Waals surface area contributed by atoms with Crippen LogP contribution in [-0.2, 0) is 16.2 Å². The highest BCUT2D eigenvalue weighted by molar-refractivity contribution is 7.89. The van der Waals surface area contributed by atoms with Crippen LogP contribution < -0.4 is 5.56 Å². The molecule has 1 aliphatic heterocycles. The molecule has 1 amide bonds. The van der Waals surface area contributed by atoms with E-state index in [4.69, 9.17) is 11.6 Å². The molecule has 1 fully saturated rings. The molecule has 3 rings (SSSR count). The van der Waals surface area contributed by atoms with Gasteiger partial charge in [0.25, 0.3) is 11.5 Å². The minimum Gasteiger partial charge on any atom is -0.336 e. The van der Waals surface area contributed by atoms with E-state index < -0.39 is 38.9 Å². The van der Waals surface area contributed by atoms with Crippen LogP contribution in [0.2, 0.25) is 5.02 Å². The Labute approximate surface area is 168 Å². The second-order valence-electron chi connectivity index (χ2n) is 6.26. The van der Waals surface area contributed by atoms with Gasteiger partial charge in [-0.2, -0.15) is 17.5 Å². The fraction of sp³-hybridized carbons (Fsp3) is 0.294. The van der Waals surface area contributed by atoms with Gasteiger partial charge in [0.1, 0.15) is 11.3 Å². The highest BCUT2D eigenvalue weighted by Crippen LogP contribution is 2.26. The van der Waals surface area contributed by atoms with Gasteiger partial charge in [-0.25, -0.2) is 8.42 Å². The molecule has 29 heavy (non-hydrogen) atoms. The predicted molar refractivity (Wildman–Crippen MR) is 98.2 cm³/mol. The third-order valence-electron chi connectivity index (χ3n) is 4.42. The number of H-pyrrole nitrogens is 1. The lowest BCUT2D eigenvalue weighted by Gasteiger charge is -2.33. The third-order valence-corrected chi connectivity index (χ3v) is 6.59. The Kier molecular flexibility index (Phi) is 5.74. The van der Waals surface area contributed by atoms with Gasteiger partial charge in [-0.05, 0) is 36.4 Å². The number of benzene rings is 1. The standard InChI is InChI=1S/C17H15ClF3N3O4S/c18-11-1-3-12(4-2-11)29(27,28)24-9-7-23(8-10-24)16(26)13-5-6-14(17(19,20)21)22-15(13)25/h1-6H,7-10H2,(H,22,25). The Bertz CT molecular complexity index is 1080. The largest absolute Gasteiger partial charge is 0.431 e. The lowest BCUT2D eigenvalue weighted by atomic mass is 10.2. The van der Waals surface area contributed by atoms with Gasteiger partial charge in [0.15, 0.2) is 0 Å². The van der Waals surface area contributed by atoms with E-state index in [2.05, 4.69) is 0 Å². The average Bonchev–Trinajstić information content (AvgIpc) is 2.67. The van der Waals surface area contributed by atoms with E-state index >= 15 is 0 Å². The Balaban J connectivity index is 1.71. The zero-order valence-electron chi connectivity index (χ0n) is 14.7. The van der Waals surface area contributed by atoms with Gasteiger partial charge in [-0.3, -0.25) is 9.59 Å². The first-order valence-corrected chi connectivity index (χ1v) is 10.2. The molecule has 0 spiro atoms. The molecule has 1 aromatic heterocycles. The molecule has 156 valence electrons. The maximum absolute atomic E-state index is 12.6. The summed E-state index contributed by atoms with van der Waals surface area (Å²) in [4.78, 5) is 27.3. The van der Waals surface area contributed by atoms with Gasteiger partial charge >= 0.3 is 6.18 Å². The van der Waals surface area contributed by atoms with Crippen LogP contribution in [-0.4, -0.2) is 54.7 Å². The van der Waals surface area contributed by atoms with E-state index in [9.17, 15) is 31.2 Å². The number of rotatable bonds is 3. The van der Waals surface area contributed by atoms with Crippen LogP contribution in [0.5, 0.6) is 0 Å². The maximum Gasteiger partial charge on any atom is 0.431 e. The number of carbonyl (C=O) groups is 1. The van der Waals surface area contributed by atoms with Crippen molar-refractivity contribution < 1.29 is 26.4 Å². The van der Waals surface area contributed by atoms with Gasteiger partial charge < -0.3 is 9.88 Å². The molecule has 1 saturated heterocycles. The van der Waals surface area contributed by atoms with Crippen LogP contribution in [0.1, 0.15) is 16.1 Å². The summed E-state index contributed by atoms with van der Waals surface area (Å²) in [6.07, 6.45) is -4.73. The Morgan fingerprint density at radius 2 is 1.59 bits per heavy atom. The van der Waals surface area contributed by atoms with E-state index in [-0.39, 0.29) is 31.1 Å². The lowest BCUT2D eigenvalue weighted by molar-refractivity contribution is -0.141. The van der Waals surface area contributed by atoms with E-state index in [1.807, 2.05) is 0 Å².